The number of rotatable bonds is 10. The number of guanidine groups is 1. The van der Waals surface area contributed by atoms with Crippen LogP contribution in [0.25, 0.3) is 0 Å². The third-order valence-corrected chi connectivity index (χ3v) is 4.40. The van der Waals surface area contributed by atoms with Crippen LogP contribution in [0.1, 0.15) is 31.7 Å². The van der Waals surface area contributed by atoms with Crippen LogP contribution >= 0.6 is 35.6 Å². The van der Waals surface area contributed by atoms with Gasteiger partial charge in [0.1, 0.15) is 0 Å². The number of nitrogens with one attached hydrogen (secondary N) is 2. The van der Waals surface area contributed by atoms with E-state index in [2.05, 4.69) is 28.6 Å². The Bertz CT molecular complexity index is 525. The molecule has 0 spiro atoms. The van der Waals surface area contributed by atoms with E-state index in [4.69, 9.17) is 21.1 Å². The van der Waals surface area contributed by atoms with Crippen molar-refractivity contribution in [3.05, 3.63) is 34.9 Å². The fourth-order valence-corrected chi connectivity index (χ4v) is 2.91. The highest BCUT2D eigenvalue weighted by atomic mass is 127. The molecule has 1 heterocycles. The van der Waals surface area contributed by atoms with Crippen LogP contribution in [0.5, 0.6) is 0 Å². The topological polar surface area (TPSA) is 54.9 Å². The highest BCUT2D eigenvalue weighted by Gasteiger charge is 2.15. The van der Waals surface area contributed by atoms with Crippen LogP contribution in [0.15, 0.2) is 29.3 Å². The minimum Gasteiger partial charge on any atom is -0.379 e. The Kier molecular flexibility index (Phi) is 13.1. The third kappa shape index (κ3) is 9.39. The summed E-state index contributed by atoms with van der Waals surface area (Å²) in [6.45, 7) is 6.88. The first-order valence-electron chi connectivity index (χ1n) is 9.24. The molecule has 0 aromatic heterocycles. The molecule has 0 bridgehead atoms. The Morgan fingerprint density at radius 2 is 2.15 bits per heavy atom. The average Bonchev–Trinajstić information content (AvgIpc) is 3.13. The molecular formula is C19H31ClIN3O2. The molecule has 2 rings (SSSR count). The van der Waals surface area contributed by atoms with Gasteiger partial charge in [0.25, 0.3) is 0 Å². The maximum Gasteiger partial charge on any atom is 0.191 e. The lowest BCUT2D eigenvalue weighted by Gasteiger charge is -2.13. The van der Waals surface area contributed by atoms with Crippen molar-refractivity contribution in [3.8, 4) is 0 Å². The summed E-state index contributed by atoms with van der Waals surface area (Å²) in [5, 5.41) is 7.47. The molecule has 0 radical (unpaired) electrons. The number of halogens is 2. The minimum atomic E-state index is 0. The fourth-order valence-electron chi connectivity index (χ4n) is 2.68. The first-order chi connectivity index (χ1) is 12.3. The van der Waals surface area contributed by atoms with Crippen molar-refractivity contribution >= 4 is 41.5 Å². The van der Waals surface area contributed by atoms with Crippen LogP contribution in [0, 0.1) is 0 Å². The lowest BCUT2D eigenvalue weighted by atomic mass is 10.1. The molecule has 0 amide bonds. The van der Waals surface area contributed by atoms with Crippen molar-refractivity contribution < 1.29 is 9.47 Å². The van der Waals surface area contributed by atoms with Gasteiger partial charge in [0.05, 0.1) is 12.7 Å². The van der Waals surface area contributed by atoms with Gasteiger partial charge in [-0.05, 0) is 44.2 Å². The summed E-state index contributed by atoms with van der Waals surface area (Å²) in [5.74, 6) is 0.867. The van der Waals surface area contributed by atoms with E-state index in [0.29, 0.717) is 0 Å². The van der Waals surface area contributed by atoms with Crippen molar-refractivity contribution in [2.45, 2.75) is 38.7 Å². The predicted molar refractivity (Wildman–Crippen MR) is 119 cm³/mol. The van der Waals surface area contributed by atoms with Crippen LogP contribution in [0.2, 0.25) is 5.02 Å². The number of hydrogen-bond acceptors (Lipinski definition) is 3. The maximum atomic E-state index is 6.18. The molecule has 26 heavy (non-hydrogen) atoms. The molecule has 1 unspecified atom stereocenters. The van der Waals surface area contributed by atoms with Crippen LogP contribution in [0.4, 0.5) is 0 Å². The summed E-state index contributed by atoms with van der Waals surface area (Å²) < 4.78 is 11.1. The minimum absolute atomic E-state index is 0. The monoisotopic (exact) mass is 495 g/mol. The second-order valence-electron chi connectivity index (χ2n) is 6.09. The molecule has 1 aromatic carbocycles. The van der Waals surface area contributed by atoms with E-state index >= 15 is 0 Å². The average molecular weight is 496 g/mol. The van der Waals surface area contributed by atoms with E-state index in [-0.39, 0.29) is 30.1 Å². The zero-order valence-electron chi connectivity index (χ0n) is 15.5. The van der Waals surface area contributed by atoms with E-state index < -0.39 is 0 Å². The molecule has 2 N–H and O–H groups in total. The third-order valence-electron chi connectivity index (χ3n) is 4.03. The predicted octanol–water partition coefficient (Wildman–Crippen LogP) is 3.64. The molecule has 1 saturated heterocycles. The molecule has 1 aromatic rings. The Morgan fingerprint density at radius 3 is 2.88 bits per heavy atom. The zero-order chi connectivity index (χ0) is 17.7. The molecule has 0 saturated carbocycles. The van der Waals surface area contributed by atoms with Gasteiger partial charge < -0.3 is 20.1 Å². The summed E-state index contributed by atoms with van der Waals surface area (Å²) in [6, 6.07) is 7.99. The number of aliphatic imine (C=N–C) groups is 1. The quantitative estimate of drug-likeness (QED) is 0.225. The Morgan fingerprint density at radius 1 is 1.31 bits per heavy atom. The molecule has 0 aliphatic carbocycles. The van der Waals surface area contributed by atoms with Gasteiger partial charge in [-0.2, -0.15) is 0 Å². The normalized spacial score (nSPS) is 17.0. The number of ether oxygens (including phenoxy) is 2. The number of benzene rings is 1. The number of aryl methyl sites for hydroxylation is 1. The fraction of sp³-hybridized carbons (Fsp3) is 0.632. The molecule has 1 aliphatic rings. The van der Waals surface area contributed by atoms with E-state index in [9.17, 15) is 0 Å². The van der Waals surface area contributed by atoms with Crippen LogP contribution in [-0.4, -0.2) is 51.5 Å². The zero-order valence-corrected chi connectivity index (χ0v) is 18.6. The molecule has 1 fully saturated rings. The van der Waals surface area contributed by atoms with Gasteiger partial charge in [-0.3, -0.25) is 4.99 Å². The molecule has 148 valence electrons. The summed E-state index contributed by atoms with van der Waals surface area (Å²) in [7, 11) is 0. The SMILES string of the molecule is CCNC(=NCCCc1ccccc1Cl)NCCCOC1CCOC1.I. The van der Waals surface area contributed by atoms with Crippen molar-refractivity contribution in [3.63, 3.8) is 0 Å². The van der Waals surface area contributed by atoms with Crippen LogP contribution in [-0.2, 0) is 15.9 Å². The van der Waals surface area contributed by atoms with Crippen LogP contribution in [0.3, 0.4) is 0 Å². The van der Waals surface area contributed by atoms with Crippen LogP contribution < -0.4 is 10.6 Å². The highest BCUT2D eigenvalue weighted by molar-refractivity contribution is 14.0. The summed E-state index contributed by atoms with van der Waals surface area (Å²) in [4.78, 5) is 4.62. The van der Waals surface area contributed by atoms with Gasteiger partial charge in [0, 0.05) is 37.9 Å². The van der Waals surface area contributed by atoms with Crippen molar-refractivity contribution in [2.24, 2.45) is 4.99 Å². The highest BCUT2D eigenvalue weighted by Crippen LogP contribution is 2.16. The van der Waals surface area contributed by atoms with Crippen molar-refractivity contribution in [2.75, 3.05) is 39.5 Å². The second-order valence-corrected chi connectivity index (χ2v) is 6.50. The first-order valence-corrected chi connectivity index (χ1v) is 9.62. The van der Waals surface area contributed by atoms with Gasteiger partial charge >= 0.3 is 0 Å². The van der Waals surface area contributed by atoms with Gasteiger partial charge in [-0.1, -0.05) is 29.8 Å². The summed E-state index contributed by atoms with van der Waals surface area (Å²) in [6.07, 6.45) is 4.18. The van der Waals surface area contributed by atoms with E-state index in [1.165, 1.54) is 5.56 Å². The lowest BCUT2D eigenvalue weighted by molar-refractivity contribution is 0.0420. The molecule has 1 atom stereocenters. The van der Waals surface area contributed by atoms with Gasteiger partial charge in [0.2, 0.25) is 0 Å². The Balaban J connectivity index is 0.00000338. The lowest BCUT2D eigenvalue weighted by Crippen LogP contribution is -2.38. The van der Waals surface area contributed by atoms with Gasteiger partial charge in [0.15, 0.2) is 5.96 Å². The van der Waals surface area contributed by atoms with E-state index in [1.807, 2.05) is 18.2 Å². The van der Waals surface area contributed by atoms with E-state index in [0.717, 1.165) is 76.1 Å². The van der Waals surface area contributed by atoms with Gasteiger partial charge in [-0.25, -0.2) is 0 Å². The standard InChI is InChI=1S/C19H30ClN3O2.HI/c1-2-21-19(23-12-6-13-25-17-10-14-24-15-17)22-11-5-8-16-7-3-4-9-18(16)20;/h3-4,7,9,17H,2,5-6,8,10-15H2,1H3,(H2,21,22,23);1H. The van der Waals surface area contributed by atoms with Gasteiger partial charge in [-0.15, -0.1) is 24.0 Å². The first kappa shape index (κ1) is 23.5. The number of nitrogens with zero attached hydrogens (tertiary/aromatic N) is 1. The summed E-state index contributed by atoms with van der Waals surface area (Å²) >= 11 is 6.18. The van der Waals surface area contributed by atoms with E-state index in [1.54, 1.807) is 0 Å². The molecule has 7 heteroatoms. The number of hydrogen-bond donors (Lipinski definition) is 2. The maximum absolute atomic E-state index is 6.18. The molecule has 5 nitrogen and oxygen atoms in total. The molecule has 1 aliphatic heterocycles. The summed E-state index contributed by atoms with van der Waals surface area (Å²) in [5.41, 5.74) is 1.19. The Labute approximate surface area is 179 Å². The Hall–Kier alpha value is -0.570. The van der Waals surface area contributed by atoms with Crippen molar-refractivity contribution in [1.82, 2.24) is 10.6 Å². The largest absolute Gasteiger partial charge is 0.379 e. The second kappa shape index (κ2) is 14.5. The molecular weight excluding hydrogens is 465 g/mol. The smallest absolute Gasteiger partial charge is 0.191 e. The van der Waals surface area contributed by atoms with Crippen molar-refractivity contribution in [1.29, 1.82) is 0 Å².